The van der Waals surface area contributed by atoms with E-state index >= 15 is 0 Å². The van der Waals surface area contributed by atoms with Crippen LogP contribution >= 0.6 is 0 Å². The predicted molar refractivity (Wildman–Crippen MR) is 78.5 cm³/mol. The number of esters is 1. The molecule has 1 amide bonds. The maximum atomic E-state index is 10.5. The first-order chi connectivity index (χ1) is 9.95. The standard InChI is InChI=1S/C8H9NO2.C7H14O3/c9-8(10)11-6-7-4-2-1-3-5-7;1-6(2)10-5-4-7(8)9-3/h1-5H,6H2,(H2,9,10);6H,4-5H2,1-3H3. The van der Waals surface area contributed by atoms with Gasteiger partial charge >= 0.3 is 12.1 Å². The van der Waals surface area contributed by atoms with Crippen LogP contribution in [0, 0.1) is 0 Å². The molecule has 0 radical (unpaired) electrons. The Labute approximate surface area is 125 Å². The minimum atomic E-state index is -0.742. The summed E-state index contributed by atoms with van der Waals surface area (Å²) in [5, 5.41) is 0. The summed E-state index contributed by atoms with van der Waals surface area (Å²) in [6.45, 7) is 4.55. The quantitative estimate of drug-likeness (QED) is 0.814. The van der Waals surface area contributed by atoms with Gasteiger partial charge in [-0.15, -0.1) is 0 Å². The van der Waals surface area contributed by atoms with E-state index in [2.05, 4.69) is 9.47 Å². The van der Waals surface area contributed by atoms with E-state index in [4.69, 9.17) is 10.5 Å². The maximum Gasteiger partial charge on any atom is 0.404 e. The third-order valence-corrected chi connectivity index (χ3v) is 2.21. The number of primary amides is 1. The van der Waals surface area contributed by atoms with Crippen LogP contribution in [0.3, 0.4) is 0 Å². The summed E-state index contributed by atoms with van der Waals surface area (Å²) in [5.74, 6) is -0.222. The van der Waals surface area contributed by atoms with Crippen LogP contribution in [0.4, 0.5) is 4.79 Å². The van der Waals surface area contributed by atoms with Crippen molar-refractivity contribution in [2.45, 2.75) is 33.0 Å². The van der Waals surface area contributed by atoms with Crippen molar-refractivity contribution in [2.24, 2.45) is 5.73 Å². The molecule has 0 saturated carbocycles. The lowest BCUT2D eigenvalue weighted by Crippen LogP contribution is -2.12. The van der Waals surface area contributed by atoms with Gasteiger partial charge in [-0.2, -0.15) is 0 Å². The number of nitrogens with two attached hydrogens (primary N) is 1. The van der Waals surface area contributed by atoms with E-state index in [1.165, 1.54) is 7.11 Å². The molecule has 0 aliphatic heterocycles. The van der Waals surface area contributed by atoms with Gasteiger partial charge < -0.3 is 19.9 Å². The molecule has 6 heteroatoms. The molecule has 0 bridgehead atoms. The summed E-state index contributed by atoms with van der Waals surface area (Å²) in [4.78, 5) is 20.7. The number of rotatable bonds is 6. The molecule has 0 unspecified atom stereocenters. The number of methoxy groups -OCH3 is 1. The lowest BCUT2D eigenvalue weighted by atomic mass is 10.2. The molecule has 2 N–H and O–H groups in total. The molecule has 1 aromatic rings. The lowest BCUT2D eigenvalue weighted by Gasteiger charge is -2.05. The molecule has 0 aromatic heterocycles. The molecule has 0 aliphatic carbocycles. The zero-order valence-corrected chi connectivity index (χ0v) is 12.7. The van der Waals surface area contributed by atoms with Crippen LogP contribution in [0.25, 0.3) is 0 Å². The van der Waals surface area contributed by atoms with Gasteiger partial charge in [0.05, 0.1) is 26.2 Å². The van der Waals surface area contributed by atoms with E-state index in [-0.39, 0.29) is 18.7 Å². The Morgan fingerprint density at radius 3 is 2.29 bits per heavy atom. The first-order valence-corrected chi connectivity index (χ1v) is 6.60. The van der Waals surface area contributed by atoms with Gasteiger partial charge in [-0.1, -0.05) is 30.3 Å². The monoisotopic (exact) mass is 297 g/mol. The van der Waals surface area contributed by atoms with Crippen molar-refractivity contribution >= 4 is 12.1 Å². The average molecular weight is 297 g/mol. The number of hydrogen-bond acceptors (Lipinski definition) is 5. The minimum Gasteiger partial charge on any atom is -0.469 e. The van der Waals surface area contributed by atoms with E-state index in [0.29, 0.717) is 13.0 Å². The highest BCUT2D eigenvalue weighted by Crippen LogP contribution is 1.99. The summed E-state index contributed by atoms with van der Waals surface area (Å²) in [7, 11) is 1.37. The van der Waals surface area contributed by atoms with Gasteiger partial charge in [0.2, 0.25) is 0 Å². The molecule has 0 heterocycles. The van der Waals surface area contributed by atoms with Crippen molar-refractivity contribution in [1.29, 1.82) is 0 Å². The molecular formula is C15H23NO5. The zero-order valence-electron chi connectivity index (χ0n) is 12.7. The highest BCUT2D eigenvalue weighted by molar-refractivity contribution is 5.69. The number of carbonyl (C=O) groups is 2. The average Bonchev–Trinajstić information content (AvgIpc) is 2.46. The normalized spacial score (nSPS) is 9.52. The maximum absolute atomic E-state index is 10.5. The molecule has 1 aromatic carbocycles. The first kappa shape index (κ1) is 18.9. The van der Waals surface area contributed by atoms with Crippen molar-refractivity contribution in [2.75, 3.05) is 13.7 Å². The number of hydrogen-bond donors (Lipinski definition) is 1. The summed E-state index contributed by atoms with van der Waals surface area (Å²) in [5.41, 5.74) is 5.72. The van der Waals surface area contributed by atoms with Crippen molar-refractivity contribution in [3.05, 3.63) is 35.9 Å². The fourth-order valence-corrected chi connectivity index (χ4v) is 1.21. The molecule has 1 rings (SSSR count). The Hall–Kier alpha value is -2.08. The van der Waals surface area contributed by atoms with Crippen LogP contribution in [-0.4, -0.2) is 31.9 Å². The Morgan fingerprint density at radius 1 is 1.19 bits per heavy atom. The number of amides is 1. The Kier molecular flexibility index (Phi) is 10.6. The second-order valence-electron chi connectivity index (χ2n) is 4.34. The van der Waals surface area contributed by atoms with Crippen molar-refractivity contribution in [3.8, 4) is 0 Å². The molecule has 6 nitrogen and oxygen atoms in total. The molecular weight excluding hydrogens is 274 g/mol. The number of ether oxygens (including phenoxy) is 3. The predicted octanol–water partition coefficient (Wildman–Crippen LogP) is 2.26. The zero-order chi connectivity index (χ0) is 16.1. The van der Waals surface area contributed by atoms with Gasteiger partial charge in [-0.3, -0.25) is 4.79 Å². The van der Waals surface area contributed by atoms with E-state index in [1.807, 2.05) is 44.2 Å². The Bertz CT molecular complexity index is 406. The van der Waals surface area contributed by atoms with Crippen LogP contribution in [0.15, 0.2) is 30.3 Å². The first-order valence-electron chi connectivity index (χ1n) is 6.60. The highest BCUT2D eigenvalue weighted by atomic mass is 16.5. The molecule has 0 fully saturated rings. The fourth-order valence-electron chi connectivity index (χ4n) is 1.21. The lowest BCUT2D eigenvalue weighted by molar-refractivity contribution is -0.142. The molecule has 0 saturated heterocycles. The molecule has 118 valence electrons. The van der Waals surface area contributed by atoms with E-state index < -0.39 is 6.09 Å². The van der Waals surface area contributed by atoms with Crippen LogP contribution in [0.2, 0.25) is 0 Å². The third-order valence-electron chi connectivity index (χ3n) is 2.21. The summed E-state index contributed by atoms with van der Waals surface area (Å²) < 4.78 is 14.1. The van der Waals surface area contributed by atoms with E-state index in [1.54, 1.807) is 0 Å². The summed E-state index contributed by atoms with van der Waals surface area (Å²) >= 11 is 0. The number of benzene rings is 1. The van der Waals surface area contributed by atoms with Crippen LogP contribution < -0.4 is 5.73 Å². The molecule has 0 spiro atoms. The second kappa shape index (κ2) is 11.7. The van der Waals surface area contributed by atoms with Crippen molar-refractivity contribution in [3.63, 3.8) is 0 Å². The minimum absolute atomic E-state index is 0.185. The van der Waals surface area contributed by atoms with Gasteiger partial charge in [0.1, 0.15) is 6.61 Å². The second-order valence-corrected chi connectivity index (χ2v) is 4.34. The van der Waals surface area contributed by atoms with Crippen molar-refractivity contribution < 1.29 is 23.8 Å². The fraction of sp³-hybridized carbons (Fsp3) is 0.467. The smallest absolute Gasteiger partial charge is 0.404 e. The van der Waals surface area contributed by atoms with Crippen LogP contribution in [0.5, 0.6) is 0 Å². The van der Waals surface area contributed by atoms with Gasteiger partial charge in [0, 0.05) is 0 Å². The summed E-state index contributed by atoms with van der Waals surface area (Å²) in [6, 6.07) is 9.37. The van der Waals surface area contributed by atoms with Crippen LogP contribution in [0.1, 0.15) is 25.8 Å². The Balaban J connectivity index is 0.000000384. The van der Waals surface area contributed by atoms with Gasteiger partial charge in [0.25, 0.3) is 0 Å². The van der Waals surface area contributed by atoms with Crippen LogP contribution in [-0.2, 0) is 25.6 Å². The number of carbonyl (C=O) groups excluding carboxylic acids is 2. The summed E-state index contributed by atoms with van der Waals surface area (Å²) in [6.07, 6.45) is -0.215. The SMILES string of the molecule is COC(=O)CCOC(C)C.NC(=O)OCc1ccccc1. The molecule has 0 aliphatic rings. The Morgan fingerprint density at radius 2 is 1.81 bits per heavy atom. The van der Waals surface area contributed by atoms with E-state index in [9.17, 15) is 9.59 Å². The van der Waals surface area contributed by atoms with Crippen molar-refractivity contribution in [1.82, 2.24) is 0 Å². The van der Waals surface area contributed by atoms with Gasteiger partial charge in [0.15, 0.2) is 0 Å². The molecule has 21 heavy (non-hydrogen) atoms. The van der Waals surface area contributed by atoms with E-state index in [0.717, 1.165) is 5.56 Å². The topological polar surface area (TPSA) is 87.9 Å². The third kappa shape index (κ3) is 12.7. The largest absolute Gasteiger partial charge is 0.469 e. The molecule has 0 atom stereocenters. The van der Waals surface area contributed by atoms with Gasteiger partial charge in [-0.25, -0.2) is 4.79 Å². The van der Waals surface area contributed by atoms with Gasteiger partial charge in [-0.05, 0) is 19.4 Å². The highest BCUT2D eigenvalue weighted by Gasteiger charge is 1.99.